The fraction of sp³-hybridized carbons (Fsp3) is 0.550. The Morgan fingerprint density at radius 3 is 2.03 bits per heavy atom. The third-order valence-electron chi connectivity index (χ3n) is 4.15. The van der Waals surface area contributed by atoms with Crippen molar-refractivity contribution < 1.29 is 38.1 Å². The highest BCUT2D eigenvalue weighted by Gasteiger charge is 2.34. The van der Waals surface area contributed by atoms with Crippen molar-refractivity contribution in [1.82, 2.24) is 4.59 Å². The average molecular weight is 427 g/mol. The number of rotatable bonds is 11. The van der Waals surface area contributed by atoms with E-state index in [0.717, 1.165) is 0 Å². The van der Waals surface area contributed by atoms with Crippen LogP contribution < -0.4 is 15.2 Å². The highest BCUT2D eigenvalue weighted by molar-refractivity contribution is 5.85. The van der Waals surface area contributed by atoms with Crippen LogP contribution in [0.25, 0.3) is 0 Å². The third kappa shape index (κ3) is 7.53. The highest BCUT2D eigenvalue weighted by atomic mass is 16.7. The number of hydrogen-bond acceptors (Lipinski definition) is 9. The van der Waals surface area contributed by atoms with Crippen molar-refractivity contribution in [3.63, 3.8) is 0 Å². The first-order valence-corrected chi connectivity index (χ1v) is 9.81. The van der Waals surface area contributed by atoms with Gasteiger partial charge in [0.15, 0.2) is 5.69 Å². The van der Waals surface area contributed by atoms with E-state index in [2.05, 4.69) is 0 Å². The van der Waals surface area contributed by atoms with Gasteiger partial charge in [-0.15, -0.1) is 0 Å². The van der Waals surface area contributed by atoms with Crippen LogP contribution in [0.2, 0.25) is 0 Å². The minimum absolute atomic E-state index is 0.0148. The summed E-state index contributed by atoms with van der Waals surface area (Å²) < 4.78 is 24.4. The number of quaternary nitrogens is 1. The molecule has 0 radical (unpaired) electrons. The quantitative estimate of drug-likeness (QED) is 0.187. The maximum atomic E-state index is 12.3. The van der Waals surface area contributed by atoms with E-state index in [0.29, 0.717) is 30.0 Å². The summed E-state index contributed by atoms with van der Waals surface area (Å²) in [5.74, 6) is 6.58. The summed E-state index contributed by atoms with van der Waals surface area (Å²) in [6.07, 6.45) is -1.24. The molecule has 0 heterocycles. The van der Waals surface area contributed by atoms with Crippen LogP contribution in [0.4, 0.5) is 15.3 Å². The zero-order chi connectivity index (χ0) is 22.6. The maximum Gasteiger partial charge on any atom is 0.508 e. The van der Waals surface area contributed by atoms with Crippen molar-refractivity contribution in [2.45, 2.75) is 34.1 Å². The van der Waals surface area contributed by atoms with Crippen LogP contribution in [0.3, 0.4) is 0 Å². The SMILES string of the molecule is CCOC(=O)OCCc1cc([N+](N)(CCOC(=O)OCC)C(C)=O)ccc1OCC. The van der Waals surface area contributed by atoms with Gasteiger partial charge in [0.2, 0.25) is 0 Å². The van der Waals surface area contributed by atoms with Gasteiger partial charge in [0.1, 0.15) is 18.9 Å². The van der Waals surface area contributed by atoms with Crippen molar-refractivity contribution >= 4 is 23.9 Å². The molecule has 1 atom stereocenters. The molecular weight excluding hydrogens is 396 g/mol. The second-order valence-corrected chi connectivity index (χ2v) is 6.15. The number of benzene rings is 1. The van der Waals surface area contributed by atoms with Gasteiger partial charge in [-0.3, -0.25) is 0 Å². The zero-order valence-corrected chi connectivity index (χ0v) is 18.0. The van der Waals surface area contributed by atoms with Crippen LogP contribution in [-0.4, -0.2) is 57.8 Å². The molecular formula is C20H31N2O8+. The number of nitrogens with zero attached hydrogens (tertiary/aromatic N) is 1. The first kappa shape index (κ1) is 25.2. The lowest BCUT2D eigenvalue weighted by molar-refractivity contribution is -0.129. The Morgan fingerprint density at radius 2 is 1.50 bits per heavy atom. The standard InChI is InChI=1S/C20H31N2O8/c1-5-26-18-9-8-17(14-16(18)10-12-29-19(24)27-6-2)22(21,15(4)23)11-13-30-20(25)28-7-3/h8-9,14H,5-7,10-13,21H2,1-4H3/q+1. The Hall–Kier alpha value is -2.85. The minimum atomic E-state index is -0.823. The van der Waals surface area contributed by atoms with Crippen LogP contribution in [-0.2, 0) is 30.2 Å². The van der Waals surface area contributed by atoms with Gasteiger partial charge in [-0.2, -0.15) is 10.4 Å². The minimum Gasteiger partial charge on any atom is -0.494 e. The van der Waals surface area contributed by atoms with Gasteiger partial charge >= 0.3 is 18.2 Å². The van der Waals surface area contributed by atoms with Crippen molar-refractivity contribution in [2.75, 3.05) is 39.6 Å². The molecule has 10 nitrogen and oxygen atoms in total. The van der Waals surface area contributed by atoms with E-state index in [1.807, 2.05) is 6.92 Å². The average Bonchev–Trinajstić information content (AvgIpc) is 2.69. The molecule has 1 aromatic rings. The fourth-order valence-corrected chi connectivity index (χ4v) is 2.61. The summed E-state index contributed by atoms with van der Waals surface area (Å²) in [5, 5.41) is 0. The van der Waals surface area contributed by atoms with Crippen LogP contribution in [0.15, 0.2) is 18.2 Å². The molecule has 1 amide bonds. The molecule has 0 aliphatic rings. The number of ether oxygens (including phenoxy) is 5. The van der Waals surface area contributed by atoms with E-state index in [1.54, 1.807) is 32.0 Å². The Kier molecular flexibility index (Phi) is 10.6. The molecule has 0 saturated heterocycles. The molecule has 30 heavy (non-hydrogen) atoms. The molecule has 2 N–H and O–H groups in total. The van der Waals surface area contributed by atoms with Crippen molar-refractivity contribution in [3.8, 4) is 5.75 Å². The summed E-state index contributed by atoms with van der Waals surface area (Å²) in [7, 11) is 0. The Labute approximate surface area is 176 Å². The third-order valence-corrected chi connectivity index (χ3v) is 4.15. The maximum absolute atomic E-state index is 12.3. The monoisotopic (exact) mass is 427 g/mol. The summed E-state index contributed by atoms with van der Waals surface area (Å²) in [4.78, 5) is 35.1. The second kappa shape index (κ2) is 12.7. The van der Waals surface area contributed by atoms with E-state index in [-0.39, 0.29) is 38.9 Å². The molecule has 1 aromatic carbocycles. The van der Waals surface area contributed by atoms with Crippen molar-refractivity contribution in [1.29, 1.82) is 0 Å². The molecule has 10 heteroatoms. The lowest BCUT2D eigenvalue weighted by Crippen LogP contribution is -2.61. The van der Waals surface area contributed by atoms with Crippen LogP contribution >= 0.6 is 0 Å². The van der Waals surface area contributed by atoms with Gasteiger partial charge in [0.05, 0.1) is 33.4 Å². The van der Waals surface area contributed by atoms with E-state index < -0.39 is 16.9 Å². The van der Waals surface area contributed by atoms with Crippen LogP contribution in [0.5, 0.6) is 5.75 Å². The van der Waals surface area contributed by atoms with Gasteiger partial charge in [-0.25, -0.2) is 14.4 Å². The number of amides is 1. The molecule has 0 aromatic heterocycles. The Morgan fingerprint density at radius 1 is 0.900 bits per heavy atom. The van der Waals surface area contributed by atoms with Gasteiger partial charge in [-0.05, 0) is 26.8 Å². The van der Waals surface area contributed by atoms with Gasteiger partial charge in [-0.1, -0.05) is 0 Å². The molecule has 0 bridgehead atoms. The molecule has 0 saturated carbocycles. The van der Waals surface area contributed by atoms with Crippen LogP contribution in [0.1, 0.15) is 33.3 Å². The molecule has 1 rings (SSSR count). The highest BCUT2D eigenvalue weighted by Crippen LogP contribution is 2.28. The molecule has 0 fully saturated rings. The van der Waals surface area contributed by atoms with E-state index in [4.69, 9.17) is 29.5 Å². The lowest BCUT2D eigenvalue weighted by atomic mass is 10.1. The number of carbonyl (C=O) groups excluding carboxylic acids is 3. The summed E-state index contributed by atoms with van der Waals surface area (Å²) in [6.45, 7) is 7.36. The van der Waals surface area contributed by atoms with Gasteiger partial charge in [0.25, 0.3) is 0 Å². The van der Waals surface area contributed by atoms with Crippen LogP contribution in [0, 0.1) is 0 Å². The van der Waals surface area contributed by atoms with E-state index >= 15 is 0 Å². The lowest BCUT2D eigenvalue weighted by Gasteiger charge is -2.28. The number of hydrogen-bond donors (Lipinski definition) is 1. The smallest absolute Gasteiger partial charge is 0.494 e. The predicted molar refractivity (Wildman–Crippen MR) is 109 cm³/mol. The van der Waals surface area contributed by atoms with E-state index in [9.17, 15) is 14.4 Å². The first-order valence-electron chi connectivity index (χ1n) is 9.81. The Bertz CT molecular complexity index is 725. The molecule has 1 unspecified atom stereocenters. The van der Waals surface area contributed by atoms with Gasteiger partial charge < -0.3 is 23.7 Å². The molecule has 168 valence electrons. The predicted octanol–water partition coefficient (Wildman–Crippen LogP) is 2.70. The fourth-order valence-electron chi connectivity index (χ4n) is 2.61. The normalized spacial score (nSPS) is 12.4. The zero-order valence-electron chi connectivity index (χ0n) is 18.0. The Balaban J connectivity index is 3.00. The largest absolute Gasteiger partial charge is 0.508 e. The number of carbonyl (C=O) groups is 3. The topological polar surface area (TPSA) is 123 Å². The first-order chi connectivity index (χ1) is 14.3. The number of nitrogens with two attached hydrogens (primary N) is 1. The van der Waals surface area contributed by atoms with Crippen molar-refractivity contribution in [3.05, 3.63) is 23.8 Å². The second-order valence-electron chi connectivity index (χ2n) is 6.15. The summed E-state index contributed by atoms with van der Waals surface area (Å²) in [6, 6.07) is 5.09. The van der Waals surface area contributed by atoms with Gasteiger partial charge in [0, 0.05) is 24.1 Å². The summed E-state index contributed by atoms with van der Waals surface area (Å²) >= 11 is 0. The summed E-state index contributed by atoms with van der Waals surface area (Å²) in [5.41, 5.74) is 1.18. The van der Waals surface area contributed by atoms with E-state index in [1.165, 1.54) is 6.92 Å². The molecule has 0 spiro atoms. The molecule has 0 aliphatic heterocycles. The molecule has 0 aliphatic carbocycles. The van der Waals surface area contributed by atoms with Crippen molar-refractivity contribution in [2.24, 2.45) is 5.84 Å².